The summed E-state index contributed by atoms with van der Waals surface area (Å²) < 4.78 is 12.1. The molecule has 0 saturated carbocycles. The first-order valence-electron chi connectivity index (χ1n) is 5.31. The van der Waals surface area contributed by atoms with E-state index in [4.69, 9.17) is 14.9 Å². The van der Waals surface area contributed by atoms with Gasteiger partial charge in [-0.3, -0.25) is 0 Å². The molecule has 2 aromatic rings. The zero-order chi connectivity index (χ0) is 12.3. The topological polar surface area (TPSA) is 48.4 Å². The van der Waals surface area contributed by atoms with Crippen LogP contribution in [-0.4, -0.2) is 6.04 Å². The molecule has 0 aliphatic carbocycles. The number of halogens is 1. The van der Waals surface area contributed by atoms with Crippen LogP contribution in [0.25, 0.3) is 0 Å². The van der Waals surface area contributed by atoms with Crippen molar-refractivity contribution >= 4 is 27.3 Å². The Kier molecular flexibility index (Phi) is 4.39. The minimum Gasteiger partial charge on any atom is -0.467 e. The van der Waals surface area contributed by atoms with Crippen LogP contribution in [0.15, 0.2) is 38.7 Å². The second-order valence-electron chi connectivity index (χ2n) is 3.81. The molecular formula is C12H14BrNO2S. The molecule has 2 heterocycles. The monoisotopic (exact) mass is 315 g/mol. The van der Waals surface area contributed by atoms with Crippen molar-refractivity contribution < 1.29 is 9.15 Å². The molecule has 0 amide bonds. The average molecular weight is 316 g/mol. The fourth-order valence-electron chi connectivity index (χ4n) is 1.54. The van der Waals surface area contributed by atoms with Crippen LogP contribution in [0, 0.1) is 0 Å². The van der Waals surface area contributed by atoms with Crippen molar-refractivity contribution in [3.05, 3.63) is 45.0 Å². The van der Waals surface area contributed by atoms with Gasteiger partial charge in [-0.25, -0.2) is 0 Å². The van der Waals surface area contributed by atoms with Gasteiger partial charge in [0, 0.05) is 10.9 Å². The lowest BCUT2D eigenvalue weighted by atomic mass is 10.1. The predicted octanol–water partition coefficient (Wildman–Crippen LogP) is 3.71. The highest BCUT2D eigenvalue weighted by Crippen LogP contribution is 2.31. The summed E-state index contributed by atoms with van der Waals surface area (Å²) in [6.07, 6.45) is 1.54. The maximum absolute atomic E-state index is 5.95. The summed E-state index contributed by atoms with van der Waals surface area (Å²) in [5, 5.41) is 0. The number of nitrogens with two attached hydrogens (primary N) is 1. The van der Waals surface area contributed by atoms with E-state index in [0.29, 0.717) is 6.61 Å². The van der Waals surface area contributed by atoms with Gasteiger partial charge in [0.25, 0.3) is 0 Å². The van der Waals surface area contributed by atoms with Gasteiger partial charge < -0.3 is 14.9 Å². The SMILES string of the molecule is CC(N)C(OCc1ccco1)c1ccc(Br)s1. The first-order chi connectivity index (χ1) is 8.16. The van der Waals surface area contributed by atoms with Crippen molar-refractivity contribution in [3.63, 3.8) is 0 Å². The van der Waals surface area contributed by atoms with Crippen molar-refractivity contribution in [1.82, 2.24) is 0 Å². The number of ether oxygens (including phenoxy) is 1. The van der Waals surface area contributed by atoms with E-state index in [1.54, 1.807) is 17.6 Å². The van der Waals surface area contributed by atoms with Crippen LogP contribution < -0.4 is 5.73 Å². The molecule has 2 aromatic heterocycles. The van der Waals surface area contributed by atoms with E-state index in [2.05, 4.69) is 15.9 Å². The van der Waals surface area contributed by atoms with Gasteiger partial charge >= 0.3 is 0 Å². The normalized spacial score (nSPS) is 14.8. The molecule has 0 aromatic carbocycles. The highest BCUT2D eigenvalue weighted by Gasteiger charge is 2.19. The van der Waals surface area contributed by atoms with E-state index >= 15 is 0 Å². The second kappa shape index (κ2) is 5.82. The van der Waals surface area contributed by atoms with Gasteiger partial charge in [-0.05, 0) is 47.1 Å². The lowest BCUT2D eigenvalue weighted by molar-refractivity contribution is 0.0192. The molecule has 0 spiro atoms. The van der Waals surface area contributed by atoms with Crippen LogP contribution in [0.5, 0.6) is 0 Å². The number of furan rings is 1. The summed E-state index contributed by atoms with van der Waals surface area (Å²) in [6, 6.07) is 7.72. The van der Waals surface area contributed by atoms with Gasteiger partial charge in [-0.15, -0.1) is 11.3 Å². The lowest BCUT2D eigenvalue weighted by Gasteiger charge is -2.19. The van der Waals surface area contributed by atoms with Crippen LogP contribution in [0.4, 0.5) is 0 Å². The zero-order valence-corrected chi connectivity index (χ0v) is 11.8. The summed E-state index contributed by atoms with van der Waals surface area (Å²) in [5.74, 6) is 0.811. The Morgan fingerprint density at radius 1 is 1.47 bits per heavy atom. The minimum absolute atomic E-state index is 0.0597. The highest BCUT2D eigenvalue weighted by atomic mass is 79.9. The maximum atomic E-state index is 5.95. The third kappa shape index (κ3) is 3.42. The van der Waals surface area contributed by atoms with Crippen LogP contribution in [-0.2, 0) is 11.3 Å². The molecule has 92 valence electrons. The van der Waals surface area contributed by atoms with E-state index < -0.39 is 0 Å². The Bertz CT molecular complexity index is 453. The molecule has 2 unspecified atom stereocenters. The summed E-state index contributed by atoms with van der Waals surface area (Å²) in [5.41, 5.74) is 5.95. The maximum Gasteiger partial charge on any atom is 0.129 e. The van der Waals surface area contributed by atoms with Crippen molar-refractivity contribution in [2.24, 2.45) is 5.73 Å². The summed E-state index contributed by atoms with van der Waals surface area (Å²) in [4.78, 5) is 1.12. The van der Waals surface area contributed by atoms with Crippen LogP contribution in [0.2, 0.25) is 0 Å². The Labute approximate surface area is 113 Å². The lowest BCUT2D eigenvalue weighted by Crippen LogP contribution is -2.26. The van der Waals surface area contributed by atoms with Crippen molar-refractivity contribution in [2.75, 3.05) is 0 Å². The van der Waals surface area contributed by atoms with Gasteiger partial charge in [-0.2, -0.15) is 0 Å². The molecule has 2 N–H and O–H groups in total. The van der Waals surface area contributed by atoms with Gasteiger partial charge in [0.1, 0.15) is 18.5 Å². The van der Waals surface area contributed by atoms with E-state index in [9.17, 15) is 0 Å². The minimum atomic E-state index is -0.101. The molecule has 17 heavy (non-hydrogen) atoms. The van der Waals surface area contributed by atoms with E-state index in [0.717, 1.165) is 14.4 Å². The molecule has 0 radical (unpaired) electrons. The third-order valence-corrected chi connectivity index (χ3v) is 4.02. The molecule has 3 nitrogen and oxygen atoms in total. The first kappa shape index (κ1) is 12.8. The Balaban J connectivity index is 2.03. The zero-order valence-electron chi connectivity index (χ0n) is 9.43. The molecule has 0 saturated heterocycles. The highest BCUT2D eigenvalue weighted by molar-refractivity contribution is 9.11. The van der Waals surface area contributed by atoms with Crippen molar-refractivity contribution in [3.8, 4) is 0 Å². The van der Waals surface area contributed by atoms with E-state index in [1.807, 2.05) is 31.2 Å². The van der Waals surface area contributed by atoms with Crippen molar-refractivity contribution in [1.29, 1.82) is 0 Å². The molecule has 0 aliphatic heterocycles. The number of hydrogen-bond donors (Lipinski definition) is 1. The average Bonchev–Trinajstić information content (AvgIpc) is 2.90. The number of hydrogen-bond acceptors (Lipinski definition) is 4. The molecule has 0 bridgehead atoms. The molecule has 0 fully saturated rings. The molecule has 2 rings (SSSR count). The largest absolute Gasteiger partial charge is 0.467 e. The Morgan fingerprint density at radius 3 is 2.82 bits per heavy atom. The van der Waals surface area contributed by atoms with E-state index in [1.165, 1.54) is 0 Å². The van der Waals surface area contributed by atoms with Gasteiger partial charge in [-0.1, -0.05) is 0 Å². The summed E-state index contributed by atoms with van der Waals surface area (Å²) in [6.45, 7) is 2.38. The number of thiophene rings is 1. The molecule has 5 heteroatoms. The van der Waals surface area contributed by atoms with E-state index in [-0.39, 0.29) is 12.1 Å². The van der Waals surface area contributed by atoms with Crippen molar-refractivity contribution in [2.45, 2.75) is 25.7 Å². The molecule has 0 aliphatic rings. The summed E-state index contributed by atoms with van der Waals surface area (Å²) in [7, 11) is 0. The Morgan fingerprint density at radius 2 is 2.29 bits per heavy atom. The van der Waals surface area contributed by atoms with Gasteiger partial charge in [0.05, 0.1) is 10.0 Å². The fourth-order valence-corrected chi connectivity index (χ4v) is 3.13. The smallest absolute Gasteiger partial charge is 0.129 e. The van der Waals surface area contributed by atoms with Crippen LogP contribution >= 0.6 is 27.3 Å². The Hall–Kier alpha value is -0.620. The van der Waals surface area contributed by atoms with Crippen LogP contribution in [0.3, 0.4) is 0 Å². The fraction of sp³-hybridized carbons (Fsp3) is 0.333. The first-order valence-corrected chi connectivity index (χ1v) is 6.92. The number of rotatable bonds is 5. The van der Waals surface area contributed by atoms with Crippen LogP contribution in [0.1, 0.15) is 23.7 Å². The standard InChI is InChI=1S/C12H14BrNO2S/c1-8(14)12(10-4-5-11(13)17-10)16-7-9-3-2-6-15-9/h2-6,8,12H,7,14H2,1H3. The predicted molar refractivity (Wildman–Crippen MR) is 71.9 cm³/mol. The second-order valence-corrected chi connectivity index (χ2v) is 6.31. The molecular weight excluding hydrogens is 302 g/mol. The van der Waals surface area contributed by atoms with Gasteiger partial charge in [0.2, 0.25) is 0 Å². The van der Waals surface area contributed by atoms with Gasteiger partial charge in [0.15, 0.2) is 0 Å². The molecule has 2 atom stereocenters. The third-order valence-electron chi connectivity index (χ3n) is 2.34. The quantitative estimate of drug-likeness (QED) is 0.915. The summed E-state index contributed by atoms with van der Waals surface area (Å²) >= 11 is 5.09.